The van der Waals surface area contributed by atoms with Crippen LogP contribution in [0.15, 0.2) is 12.3 Å². The third-order valence-corrected chi connectivity index (χ3v) is 3.26. The highest BCUT2D eigenvalue weighted by atomic mass is 35.5. The number of rotatable bonds is 3. The molecule has 0 radical (unpaired) electrons. The van der Waals surface area contributed by atoms with E-state index in [-0.39, 0.29) is 0 Å². The molecular weight excluding hydrogens is 278 g/mol. The lowest BCUT2D eigenvalue weighted by Gasteiger charge is -2.20. The monoisotopic (exact) mass is 291 g/mol. The van der Waals surface area contributed by atoms with Gasteiger partial charge in [0.1, 0.15) is 23.1 Å². The Bertz CT molecular complexity index is 708. The van der Waals surface area contributed by atoms with Gasteiger partial charge in [-0.2, -0.15) is 5.26 Å². The molecule has 2 rings (SSSR count). The minimum absolute atomic E-state index is 0.414. The maximum absolute atomic E-state index is 9.26. The smallest absolute Gasteiger partial charge is 0.149 e. The Hall–Kier alpha value is -2.19. The molecular formula is C14H14ClN3O2. The predicted octanol–water partition coefficient (Wildman–Crippen LogP) is 2.84. The molecule has 1 heterocycles. The van der Waals surface area contributed by atoms with Crippen molar-refractivity contribution in [2.75, 3.05) is 33.2 Å². The van der Waals surface area contributed by atoms with Crippen LogP contribution >= 0.6 is 11.6 Å². The lowest BCUT2D eigenvalue weighted by Crippen LogP contribution is -2.12. The molecule has 5 nitrogen and oxygen atoms in total. The van der Waals surface area contributed by atoms with E-state index < -0.39 is 0 Å². The number of anilines is 1. The standard InChI is InChI=1S/C14H14ClN3O2/c1-18(2)13-8(6-16)7-17-12-10(19-3)5-9(15)14(20-4)11(12)13/h5,7H,1-4H3. The van der Waals surface area contributed by atoms with Crippen molar-refractivity contribution in [2.45, 2.75) is 0 Å². The van der Waals surface area contributed by atoms with Crippen LogP contribution in [0.4, 0.5) is 5.69 Å². The minimum atomic E-state index is 0.414. The third kappa shape index (κ3) is 2.08. The van der Waals surface area contributed by atoms with E-state index >= 15 is 0 Å². The molecule has 20 heavy (non-hydrogen) atoms. The summed E-state index contributed by atoms with van der Waals surface area (Å²) in [5.74, 6) is 1.02. The molecule has 0 spiro atoms. The Kier molecular flexibility index (Phi) is 3.86. The summed E-state index contributed by atoms with van der Waals surface area (Å²) in [4.78, 5) is 6.14. The number of hydrogen-bond donors (Lipinski definition) is 0. The van der Waals surface area contributed by atoms with Gasteiger partial charge in [-0.15, -0.1) is 0 Å². The van der Waals surface area contributed by atoms with Crippen LogP contribution < -0.4 is 14.4 Å². The fourth-order valence-corrected chi connectivity index (χ4v) is 2.44. The molecule has 0 saturated carbocycles. The van der Waals surface area contributed by atoms with Crippen LogP contribution in [-0.2, 0) is 0 Å². The van der Waals surface area contributed by atoms with Crippen molar-refractivity contribution in [3.05, 3.63) is 22.8 Å². The van der Waals surface area contributed by atoms with Crippen LogP contribution in [0.25, 0.3) is 10.9 Å². The number of aromatic nitrogens is 1. The van der Waals surface area contributed by atoms with Crippen molar-refractivity contribution in [1.82, 2.24) is 4.98 Å². The quantitative estimate of drug-likeness (QED) is 0.870. The second-order valence-electron chi connectivity index (χ2n) is 4.34. The van der Waals surface area contributed by atoms with Gasteiger partial charge in [0, 0.05) is 26.4 Å². The second kappa shape index (κ2) is 5.43. The minimum Gasteiger partial charge on any atom is -0.494 e. The molecule has 0 unspecified atom stereocenters. The summed E-state index contributed by atoms with van der Waals surface area (Å²) in [6, 6.07) is 3.79. The molecule has 0 fully saturated rings. The summed E-state index contributed by atoms with van der Waals surface area (Å²) in [6.07, 6.45) is 1.52. The first kappa shape index (κ1) is 14.2. The first-order valence-corrected chi connectivity index (χ1v) is 6.23. The zero-order valence-electron chi connectivity index (χ0n) is 11.7. The highest BCUT2D eigenvalue weighted by Crippen LogP contribution is 2.43. The number of methoxy groups -OCH3 is 2. The molecule has 0 aliphatic carbocycles. The van der Waals surface area contributed by atoms with Crippen molar-refractivity contribution >= 4 is 28.2 Å². The van der Waals surface area contributed by atoms with Crippen LogP contribution in [0.1, 0.15) is 5.56 Å². The lowest BCUT2D eigenvalue weighted by molar-refractivity contribution is 0.410. The SMILES string of the molecule is COc1cc(Cl)c(OC)c2c(N(C)C)c(C#N)cnc12. The summed E-state index contributed by atoms with van der Waals surface area (Å²) in [5.41, 5.74) is 1.76. The van der Waals surface area contributed by atoms with Gasteiger partial charge < -0.3 is 14.4 Å². The maximum Gasteiger partial charge on any atom is 0.149 e. The molecule has 0 bridgehead atoms. The van der Waals surface area contributed by atoms with Gasteiger partial charge in [0.2, 0.25) is 0 Å². The van der Waals surface area contributed by atoms with E-state index in [4.69, 9.17) is 21.1 Å². The van der Waals surface area contributed by atoms with Gasteiger partial charge in [-0.3, -0.25) is 4.98 Å². The number of halogens is 1. The number of nitrogens with zero attached hydrogens (tertiary/aromatic N) is 3. The molecule has 1 aromatic carbocycles. The van der Waals surface area contributed by atoms with Crippen LogP contribution in [0, 0.1) is 11.3 Å². The second-order valence-corrected chi connectivity index (χ2v) is 4.75. The molecule has 0 aliphatic rings. The van der Waals surface area contributed by atoms with Crippen LogP contribution in [-0.4, -0.2) is 33.3 Å². The molecule has 104 valence electrons. The summed E-state index contributed by atoms with van der Waals surface area (Å²) in [7, 11) is 6.78. The number of benzene rings is 1. The summed E-state index contributed by atoms with van der Waals surface area (Å²) >= 11 is 6.23. The molecule has 0 saturated heterocycles. The largest absolute Gasteiger partial charge is 0.494 e. The number of nitriles is 1. The molecule has 1 aromatic heterocycles. The lowest BCUT2D eigenvalue weighted by atomic mass is 10.1. The van der Waals surface area contributed by atoms with Gasteiger partial charge in [-0.25, -0.2) is 0 Å². The fraction of sp³-hybridized carbons (Fsp3) is 0.286. The van der Waals surface area contributed by atoms with Crippen LogP contribution in [0.5, 0.6) is 11.5 Å². The Morgan fingerprint density at radius 3 is 2.50 bits per heavy atom. The van der Waals surface area contributed by atoms with Gasteiger partial charge in [0.05, 0.1) is 35.9 Å². The van der Waals surface area contributed by atoms with Crippen molar-refractivity contribution in [2.24, 2.45) is 0 Å². The van der Waals surface area contributed by atoms with E-state index in [1.165, 1.54) is 13.3 Å². The van der Waals surface area contributed by atoms with E-state index in [2.05, 4.69) is 11.1 Å². The number of fused-ring (bicyclic) bond motifs is 1. The third-order valence-electron chi connectivity index (χ3n) is 2.98. The molecule has 2 aromatic rings. The number of ether oxygens (including phenoxy) is 2. The van der Waals surface area contributed by atoms with E-state index in [1.54, 1.807) is 13.2 Å². The van der Waals surface area contributed by atoms with Gasteiger partial charge in [-0.05, 0) is 0 Å². The Labute approximate surface area is 122 Å². The summed E-state index contributed by atoms with van der Waals surface area (Å²) < 4.78 is 10.7. The Morgan fingerprint density at radius 2 is 2.00 bits per heavy atom. The molecule has 0 aliphatic heterocycles. The van der Waals surface area contributed by atoms with Crippen molar-refractivity contribution < 1.29 is 9.47 Å². The Morgan fingerprint density at radius 1 is 1.30 bits per heavy atom. The zero-order chi connectivity index (χ0) is 14.9. The van der Waals surface area contributed by atoms with Crippen molar-refractivity contribution in [1.29, 1.82) is 5.26 Å². The van der Waals surface area contributed by atoms with Crippen LogP contribution in [0.3, 0.4) is 0 Å². The van der Waals surface area contributed by atoms with Gasteiger partial charge in [-0.1, -0.05) is 11.6 Å². The van der Waals surface area contributed by atoms with E-state index in [9.17, 15) is 5.26 Å². The predicted molar refractivity (Wildman–Crippen MR) is 78.9 cm³/mol. The molecule has 0 amide bonds. The maximum atomic E-state index is 9.26. The van der Waals surface area contributed by atoms with Crippen molar-refractivity contribution in [3.8, 4) is 17.6 Å². The molecule has 0 N–H and O–H groups in total. The Balaban J connectivity index is 3.05. The normalized spacial score (nSPS) is 10.2. The summed E-state index contributed by atoms with van der Waals surface area (Å²) in [6.45, 7) is 0. The zero-order valence-corrected chi connectivity index (χ0v) is 12.4. The van der Waals surface area contributed by atoms with Crippen LogP contribution in [0.2, 0.25) is 5.02 Å². The first-order valence-electron chi connectivity index (χ1n) is 5.85. The van der Waals surface area contributed by atoms with Gasteiger partial charge in [0.25, 0.3) is 0 Å². The molecule has 0 atom stereocenters. The van der Waals surface area contributed by atoms with Gasteiger partial charge in [0.15, 0.2) is 0 Å². The van der Waals surface area contributed by atoms with Crippen molar-refractivity contribution in [3.63, 3.8) is 0 Å². The number of hydrogen-bond acceptors (Lipinski definition) is 5. The average Bonchev–Trinajstić information content (AvgIpc) is 2.44. The first-order chi connectivity index (χ1) is 9.54. The number of pyridine rings is 1. The highest BCUT2D eigenvalue weighted by molar-refractivity contribution is 6.34. The summed E-state index contributed by atoms with van der Waals surface area (Å²) in [5, 5.41) is 10.3. The highest BCUT2D eigenvalue weighted by Gasteiger charge is 2.20. The van der Waals surface area contributed by atoms with E-state index in [0.717, 1.165) is 0 Å². The average molecular weight is 292 g/mol. The van der Waals surface area contributed by atoms with E-state index in [0.29, 0.717) is 38.7 Å². The fourth-order valence-electron chi connectivity index (χ4n) is 2.17. The topological polar surface area (TPSA) is 58.4 Å². The molecule has 6 heteroatoms. The van der Waals surface area contributed by atoms with E-state index in [1.807, 2.05) is 19.0 Å². The van der Waals surface area contributed by atoms with Gasteiger partial charge >= 0.3 is 0 Å².